The van der Waals surface area contributed by atoms with Gasteiger partial charge in [0.15, 0.2) is 0 Å². The van der Waals surface area contributed by atoms with Gasteiger partial charge in [-0.2, -0.15) is 0 Å². The van der Waals surface area contributed by atoms with Crippen molar-refractivity contribution < 1.29 is 4.74 Å². The monoisotopic (exact) mass is 320 g/mol. The molecule has 0 fully saturated rings. The highest BCUT2D eigenvalue weighted by Crippen LogP contribution is 2.27. The Morgan fingerprint density at radius 1 is 1.37 bits per heavy atom. The lowest BCUT2D eigenvalue weighted by molar-refractivity contribution is 0.317. The largest absolute Gasteiger partial charge is 0.493 e. The van der Waals surface area contributed by atoms with Crippen molar-refractivity contribution in [2.45, 2.75) is 19.4 Å². The predicted molar refractivity (Wildman–Crippen MR) is 80.2 cm³/mol. The average molecular weight is 321 g/mol. The Labute approximate surface area is 121 Å². The predicted octanol–water partition coefficient (Wildman–Crippen LogP) is 3.49. The van der Waals surface area contributed by atoms with Gasteiger partial charge in [-0.1, -0.05) is 22.0 Å². The van der Waals surface area contributed by atoms with E-state index in [2.05, 4.69) is 20.9 Å². The number of rotatable bonds is 5. The molecule has 2 aromatic rings. The third-order valence-electron chi connectivity index (χ3n) is 2.83. The van der Waals surface area contributed by atoms with Crippen LogP contribution < -0.4 is 10.5 Å². The maximum Gasteiger partial charge on any atom is 0.124 e. The standard InChI is InChI=1S/C15H17BrN2O/c1-11(17)14-9-13(16)4-5-15(14)19-8-6-12-3-2-7-18-10-12/h2-5,7,9-11H,6,8,17H2,1H3/t11-/m1/s1. The topological polar surface area (TPSA) is 48.1 Å². The molecule has 0 bridgehead atoms. The van der Waals surface area contributed by atoms with Crippen LogP contribution in [0.1, 0.15) is 24.1 Å². The summed E-state index contributed by atoms with van der Waals surface area (Å²) in [7, 11) is 0. The van der Waals surface area contributed by atoms with E-state index in [-0.39, 0.29) is 6.04 Å². The number of aromatic nitrogens is 1. The molecule has 2 N–H and O–H groups in total. The highest BCUT2D eigenvalue weighted by Gasteiger charge is 2.08. The molecular formula is C15H17BrN2O. The summed E-state index contributed by atoms with van der Waals surface area (Å²) in [6.45, 7) is 2.57. The molecule has 0 saturated heterocycles. The van der Waals surface area contributed by atoms with Crippen LogP contribution >= 0.6 is 15.9 Å². The molecule has 1 atom stereocenters. The van der Waals surface area contributed by atoms with Crippen LogP contribution in [0.5, 0.6) is 5.75 Å². The first-order valence-electron chi connectivity index (χ1n) is 6.23. The van der Waals surface area contributed by atoms with Gasteiger partial charge in [0, 0.05) is 34.9 Å². The van der Waals surface area contributed by atoms with Gasteiger partial charge in [0.2, 0.25) is 0 Å². The van der Waals surface area contributed by atoms with Crippen LogP contribution in [0.25, 0.3) is 0 Å². The summed E-state index contributed by atoms with van der Waals surface area (Å²) in [5.41, 5.74) is 8.14. The van der Waals surface area contributed by atoms with Crippen LogP contribution in [0.2, 0.25) is 0 Å². The molecule has 3 nitrogen and oxygen atoms in total. The zero-order valence-corrected chi connectivity index (χ0v) is 12.4. The third-order valence-corrected chi connectivity index (χ3v) is 3.33. The third kappa shape index (κ3) is 4.04. The smallest absolute Gasteiger partial charge is 0.124 e. The summed E-state index contributed by atoms with van der Waals surface area (Å²) in [6.07, 6.45) is 4.47. The van der Waals surface area contributed by atoms with Crippen molar-refractivity contribution in [1.29, 1.82) is 0 Å². The molecular weight excluding hydrogens is 304 g/mol. The molecule has 0 radical (unpaired) electrons. The Bertz CT molecular complexity index is 529. The molecule has 0 spiro atoms. The highest BCUT2D eigenvalue weighted by molar-refractivity contribution is 9.10. The van der Waals surface area contributed by atoms with Gasteiger partial charge < -0.3 is 10.5 Å². The Hall–Kier alpha value is -1.39. The van der Waals surface area contributed by atoms with Gasteiger partial charge in [0.25, 0.3) is 0 Å². The molecule has 4 heteroatoms. The Morgan fingerprint density at radius 3 is 2.89 bits per heavy atom. The lowest BCUT2D eigenvalue weighted by atomic mass is 10.1. The van der Waals surface area contributed by atoms with Crippen LogP contribution in [-0.2, 0) is 6.42 Å². The van der Waals surface area contributed by atoms with E-state index in [1.807, 2.05) is 43.5 Å². The summed E-state index contributed by atoms with van der Waals surface area (Å²) in [5, 5.41) is 0. The fraction of sp³-hybridized carbons (Fsp3) is 0.267. The second-order valence-corrected chi connectivity index (χ2v) is 5.35. The van der Waals surface area contributed by atoms with E-state index in [1.165, 1.54) is 5.56 Å². The molecule has 0 aliphatic rings. The number of hydrogen-bond acceptors (Lipinski definition) is 3. The van der Waals surface area contributed by atoms with Gasteiger partial charge in [-0.3, -0.25) is 4.98 Å². The molecule has 19 heavy (non-hydrogen) atoms. The quantitative estimate of drug-likeness (QED) is 0.917. The molecule has 1 aromatic carbocycles. The fourth-order valence-electron chi connectivity index (χ4n) is 1.83. The number of ether oxygens (including phenoxy) is 1. The second-order valence-electron chi connectivity index (χ2n) is 4.43. The Balaban J connectivity index is 2.00. The van der Waals surface area contributed by atoms with Crippen molar-refractivity contribution >= 4 is 15.9 Å². The number of nitrogens with zero attached hydrogens (tertiary/aromatic N) is 1. The normalized spacial score (nSPS) is 12.2. The number of nitrogens with two attached hydrogens (primary N) is 1. The van der Waals surface area contributed by atoms with E-state index in [0.29, 0.717) is 6.61 Å². The molecule has 1 heterocycles. The Morgan fingerprint density at radius 2 is 2.21 bits per heavy atom. The van der Waals surface area contributed by atoms with Gasteiger partial charge in [0.05, 0.1) is 6.61 Å². The van der Waals surface area contributed by atoms with Crippen LogP contribution in [-0.4, -0.2) is 11.6 Å². The summed E-state index contributed by atoms with van der Waals surface area (Å²) < 4.78 is 6.84. The molecule has 0 aliphatic heterocycles. The Kier molecular flexibility index (Phi) is 4.93. The minimum Gasteiger partial charge on any atom is -0.493 e. The number of pyridine rings is 1. The van der Waals surface area contributed by atoms with Crippen molar-refractivity contribution in [2.75, 3.05) is 6.61 Å². The summed E-state index contributed by atoms with van der Waals surface area (Å²) in [4.78, 5) is 4.09. The zero-order valence-electron chi connectivity index (χ0n) is 10.8. The minimum atomic E-state index is -0.0501. The SMILES string of the molecule is C[C@@H](N)c1cc(Br)ccc1OCCc1cccnc1. The number of halogens is 1. The number of benzene rings is 1. The molecule has 0 aliphatic carbocycles. The first-order valence-corrected chi connectivity index (χ1v) is 7.03. The van der Waals surface area contributed by atoms with Gasteiger partial charge >= 0.3 is 0 Å². The van der Waals surface area contributed by atoms with Crippen LogP contribution in [0.3, 0.4) is 0 Å². The minimum absolute atomic E-state index is 0.0501. The first kappa shape index (κ1) is 14.0. The van der Waals surface area contributed by atoms with Crippen molar-refractivity contribution in [3.8, 4) is 5.75 Å². The van der Waals surface area contributed by atoms with Crippen LogP contribution in [0.4, 0.5) is 0 Å². The van der Waals surface area contributed by atoms with E-state index < -0.39 is 0 Å². The average Bonchev–Trinajstić information content (AvgIpc) is 2.41. The maximum atomic E-state index is 5.96. The van der Waals surface area contributed by atoms with Gasteiger partial charge in [-0.25, -0.2) is 0 Å². The van der Waals surface area contributed by atoms with E-state index in [4.69, 9.17) is 10.5 Å². The van der Waals surface area contributed by atoms with E-state index >= 15 is 0 Å². The lowest BCUT2D eigenvalue weighted by Crippen LogP contribution is -2.09. The van der Waals surface area contributed by atoms with E-state index in [9.17, 15) is 0 Å². The van der Waals surface area contributed by atoms with Crippen molar-refractivity contribution in [3.05, 3.63) is 58.3 Å². The van der Waals surface area contributed by atoms with Gasteiger partial charge in [0.1, 0.15) is 5.75 Å². The highest BCUT2D eigenvalue weighted by atomic mass is 79.9. The molecule has 0 saturated carbocycles. The molecule has 0 unspecified atom stereocenters. The summed E-state index contributed by atoms with van der Waals surface area (Å²) in [5.74, 6) is 0.849. The van der Waals surface area contributed by atoms with Crippen LogP contribution in [0.15, 0.2) is 47.2 Å². The van der Waals surface area contributed by atoms with Crippen molar-refractivity contribution in [3.63, 3.8) is 0 Å². The molecule has 100 valence electrons. The fourth-order valence-corrected chi connectivity index (χ4v) is 2.21. The van der Waals surface area contributed by atoms with Gasteiger partial charge in [-0.05, 0) is 36.8 Å². The summed E-state index contributed by atoms with van der Waals surface area (Å²) >= 11 is 3.45. The number of hydrogen-bond donors (Lipinski definition) is 1. The van der Waals surface area contributed by atoms with Gasteiger partial charge in [-0.15, -0.1) is 0 Å². The molecule has 1 aromatic heterocycles. The maximum absolute atomic E-state index is 5.96. The van der Waals surface area contributed by atoms with Crippen molar-refractivity contribution in [1.82, 2.24) is 4.98 Å². The second kappa shape index (κ2) is 6.68. The summed E-state index contributed by atoms with van der Waals surface area (Å²) in [6, 6.07) is 9.85. The first-order chi connectivity index (χ1) is 9.16. The lowest BCUT2D eigenvalue weighted by Gasteiger charge is -2.14. The zero-order chi connectivity index (χ0) is 13.7. The van der Waals surface area contributed by atoms with Crippen LogP contribution in [0, 0.1) is 0 Å². The van der Waals surface area contributed by atoms with Crippen molar-refractivity contribution in [2.24, 2.45) is 5.73 Å². The molecule has 0 amide bonds. The molecule has 2 rings (SSSR count). The van der Waals surface area contributed by atoms with E-state index in [1.54, 1.807) is 6.20 Å². The van der Waals surface area contributed by atoms with E-state index in [0.717, 1.165) is 22.2 Å².